The van der Waals surface area contributed by atoms with Gasteiger partial charge in [0.05, 0.1) is 0 Å². The Balaban J connectivity index is 2.00. The van der Waals surface area contributed by atoms with Crippen LogP contribution in [0.5, 0.6) is 0 Å². The SMILES string of the molecule is Cc1cccc(CC(=O)C2CC2C)c1. The van der Waals surface area contributed by atoms with Gasteiger partial charge in [0.1, 0.15) is 5.78 Å². The molecule has 0 N–H and O–H groups in total. The summed E-state index contributed by atoms with van der Waals surface area (Å²) in [6.45, 7) is 4.21. The van der Waals surface area contributed by atoms with Crippen molar-refractivity contribution in [2.24, 2.45) is 11.8 Å². The van der Waals surface area contributed by atoms with Crippen molar-refractivity contribution in [1.82, 2.24) is 0 Å². The maximum absolute atomic E-state index is 11.7. The standard InChI is InChI=1S/C13H16O/c1-9-4-3-5-11(6-9)8-13(14)12-7-10(12)2/h3-6,10,12H,7-8H2,1-2H3. The van der Waals surface area contributed by atoms with Crippen LogP contribution in [-0.4, -0.2) is 5.78 Å². The van der Waals surface area contributed by atoms with E-state index in [4.69, 9.17) is 0 Å². The summed E-state index contributed by atoms with van der Waals surface area (Å²) in [6.07, 6.45) is 1.72. The molecule has 1 fully saturated rings. The molecule has 1 saturated carbocycles. The summed E-state index contributed by atoms with van der Waals surface area (Å²) in [5.41, 5.74) is 2.40. The van der Waals surface area contributed by atoms with Gasteiger partial charge in [-0.2, -0.15) is 0 Å². The minimum absolute atomic E-state index is 0.357. The predicted octanol–water partition coefficient (Wildman–Crippen LogP) is 2.76. The van der Waals surface area contributed by atoms with Crippen LogP contribution in [0.1, 0.15) is 24.5 Å². The first kappa shape index (κ1) is 9.45. The lowest BCUT2D eigenvalue weighted by atomic mass is 10.0. The van der Waals surface area contributed by atoms with Crippen LogP contribution in [0.3, 0.4) is 0 Å². The number of rotatable bonds is 3. The van der Waals surface area contributed by atoms with Crippen LogP contribution in [0, 0.1) is 18.8 Å². The molecule has 2 atom stereocenters. The molecule has 1 aliphatic rings. The smallest absolute Gasteiger partial charge is 0.140 e. The van der Waals surface area contributed by atoms with Crippen molar-refractivity contribution in [1.29, 1.82) is 0 Å². The zero-order valence-corrected chi connectivity index (χ0v) is 8.79. The van der Waals surface area contributed by atoms with E-state index >= 15 is 0 Å². The van der Waals surface area contributed by atoms with Crippen molar-refractivity contribution < 1.29 is 4.79 Å². The summed E-state index contributed by atoms with van der Waals surface area (Å²) in [7, 11) is 0. The molecule has 2 rings (SSSR count). The highest BCUT2D eigenvalue weighted by molar-refractivity contribution is 5.85. The summed E-state index contributed by atoms with van der Waals surface area (Å²) in [4.78, 5) is 11.7. The molecule has 1 aromatic carbocycles. The van der Waals surface area contributed by atoms with Gasteiger partial charge in [0.25, 0.3) is 0 Å². The summed E-state index contributed by atoms with van der Waals surface area (Å²) in [6, 6.07) is 8.23. The molecule has 74 valence electrons. The largest absolute Gasteiger partial charge is 0.299 e. The Labute approximate surface area is 85.1 Å². The van der Waals surface area contributed by atoms with E-state index in [1.54, 1.807) is 0 Å². The Bertz CT molecular complexity index is 354. The Morgan fingerprint density at radius 1 is 1.50 bits per heavy atom. The maximum atomic E-state index is 11.7. The average Bonchev–Trinajstić information content (AvgIpc) is 2.82. The third-order valence-electron chi connectivity index (χ3n) is 2.98. The summed E-state index contributed by atoms with van der Waals surface area (Å²) >= 11 is 0. The molecular weight excluding hydrogens is 172 g/mol. The van der Waals surface area contributed by atoms with Crippen molar-refractivity contribution >= 4 is 5.78 Å². The molecule has 0 aliphatic heterocycles. The van der Waals surface area contributed by atoms with Gasteiger partial charge in [0.15, 0.2) is 0 Å². The van der Waals surface area contributed by atoms with Crippen molar-refractivity contribution in [2.75, 3.05) is 0 Å². The van der Waals surface area contributed by atoms with Gasteiger partial charge in [-0.25, -0.2) is 0 Å². The molecule has 0 amide bonds. The second-order valence-electron chi connectivity index (χ2n) is 4.45. The monoisotopic (exact) mass is 188 g/mol. The van der Waals surface area contributed by atoms with Crippen LogP contribution in [0.2, 0.25) is 0 Å². The number of hydrogen-bond donors (Lipinski definition) is 0. The van der Waals surface area contributed by atoms with E-state index in [-0.39, 0.29) is 0 Å². The number of ketones is 1. The lowest BCUT2D eigenvalue weighted by Gasteiger charge is -2.01. The molecule has 1 heteroatoms. The second kappa shape index (κ2) is 3.56. The van der Waals surface area contributed by atoms with Gasteiger partial charge < -0.3 is 0 Å². The summed E-state index contributed by atoms with van der Waals surface area (Å²) < 4.78 is 0. The predicted molar refractivity (Wildman–Crippen MR) is 57.2 cm³/mol. The second-order valence-corrected chi connectivity index (χ2v) is 4.45. The topological polar surface area (TPSA) is 17.1 Å². The first-order chi connectivity index (χ1) is 6.66. The molecule has 1 aromatic rings. The summed E-state index contributed by atoms with van der Waals surface area (Å²) in [5, 5.41) is 0. The fourth-order valence-electron chi connectivity index (χ4n) is 1.93. The van der Waals surface area contributed by atoms with Gasteiger partial charge in [0, 0.05) is 12.3 Å². The fraction of sp³-hybridized carbons (Fsp3) is 0.462. The average molecular weight is 188 g/mol. The van der Waals surface area contributed by atoms with Gasteiger partial charge in [-0.05, 0) is 24.8 Å². The van der Waals surface area contributed by atoms with Crippen molar-refractivity contribution in [3.8, 4) is 0 Å². The number of Topliss-reactive ketones (excluding diaryl/α,β-unsaturated/α-hetero) is 1. The molecule has 2 unspecified atom stereocenters. The van der Waals surface area contributed by atoms with Crippen LogP contribution in [0.4, 0.5) is 0 Å². The molecule has 0 heterocycles. The minimum Gasteiger partial charge on any atom is -0.299 e. The zero-order chi connectivity index (χ0) is 10.1. The number of hydrogen-bond acceptors (Lipinski definition) is 1. The van der Waals surface area contributed by atoms with E-state index in [0.29, 0.717) is 24.0 Å². The highest BCUT2D eigenvalue weighted by Crippen LogP contribution is 2.39. The van der Waals surface area contributed by atoms with Gasteiger partial charge in [-0.3, -0.25) is 4.79 Å². The molecule has 0 radical (unpaired) electrons. The van der Waals surface area contributed by atoms with Gasteiger partial charge >= 0.3 is 0 Å². The number of carbonyl (C=O) groups is 1. The van der Waals surface area contributed by atoms with Crippen LogP contribution < -0.4 is 0 Å². The Kier molecular flexibility index (Phi) is 2.40. The minimum atomic E-state index is 0.357. The van der Waals surface area contributed by atoms with Crippen molar-refractivity contribution in [3.05, 3.63) is 35.4 Å². The Morgan fingerprint density at radius 3 is 2.79 bits per heavy atom. The number of aryl methyl sites for hydroxylation is 1. The molecule has 0 aromatic heterocycles. The van der Waals surface area contributed by atoms with E-state index in [2.05, 4.69) is 26.0 Å². The number of benzene rings is 1. The Hall–Kier alpha value is -1.11. The molecule has 0 spiro atoms. The molecule has 0 bridgehead atoms. The van der Waals surface area contributed by atoms with Gasteiger partial charge in [-0.15, -0.1) is 0 Å². The molecule has 14 heavy (non-hydrogen) atoms. The first-order valence-electron chi connectivity index (χ1n) is 5.25. The van der Waals surface area contributed by atoms with E-state index in [0.717, 1.165) is 12.0 Å². The normalized spacial score (nSPS) is 24.7. The van der Waals surface area contributed by atoms with E-state index in [1.165, 1.54) is 5.56 Å². The maximum Gasteiger partial charge on any atom is 0.140 e. The molecule has 1 nitrogen and oxygen atoms in total. The van der Waals surface area contributed by atoms with Crippen LogP contribution in [0.25, 0.3) is 0 Å². The van der Waals surface area contributed by atoms with Crippen LogP contribution >= 0.6 is 0 Å². The van der Waals surface area contributed by atoms with Crippen molar-refractivity contribution in [3.63, 3.8) is 0 Å². The lowest BCUT2D eigenvalue weighted by molar-refractivity contribution is -0.119. The highest BCUT2D eigenvalue weighted by atomic mass is 16.1. The quantitative estimate of drug-likeness (QED) is 0.712. The highest BCUT2D eigenvalue weighted by Gasteiger charge is 2.38. The van der Waals surface area contributed by atoms with Gasteiger partial charge in [0.2, 0.25) is 0 Å². The number of carbonyl (C=O) groups excluding carboxylic acids is 1. The van der Waals surface area contributed by atoms with Crippen molar-refractivity contribution in [2.45, 2.75) is 26.7 Å². The zero-order valence-electron chi connectivity index (χ0n) is 8.79. The van der Waals surface area contributed by atoms with E-state index in [1.807, 2.05) is 12.1 Å². The third kappa shape index (κ3) is 2.03. The lowest BCUT2D eigenvalue weighted by Crippen LogP contribution is -2.06. The van der Waals surface area contributed by atoms with E-state index < -0.39 is 0 Å². The fourth-order valence-corrected chi connectivity index (χ4v) is 1.93. The third-order valence-corrected chi connectivity index (χ3v) is 2.98. The molecule has 0 saturated heterocycles. The van der Waals surface area contributed by atoms with Gasteiger partial charge in [-0.1, -0.05) is 36.8 Å². The Morgan fingerprint density at radius 2 is 2.21 bits per heavy atom. The molecule has 1 aliphatic carbocycles. The summed E-state index contributed by atoms with van der Waals surface area (Å²) in [5.74, 6) is 1.41. The van der Waals surface area contributed by atoms with Crippen LogP contribution in [-0.2, 0) is 11.2 Å². The van der Waals surface area contributed by atoms with Crippen LogP contribution in [0.15, 0.2) is 24.3 Å². The molecular formula is C13H16O. The van der Waals surface area contributed by atoms with E-state index in [9.17, 15) is 4.79 Å². The first-order valence-corrected chi connectivity index (χ1v) is 5.25.